The smallest absolute Gasteiger partial charge is 0.407 e. The molecule has 5 rings (SSSR count). The van der Waals surface area contributed by atoms with Crippen LogP contribution < -0.4 is 25.8 Å². The zero-order valence-corrected chi connectivity index (χ0v) is 43.0. The van der Waals surface area contributed by atoms with Gasteiger partial charge in [0.1, 0.15) is 6.10 Å². The van der Waals surface area contributed by atoms with Crippen molar-refractivity contribution in [2.45, 2.75) is 122 Å². The third-order valence-electron chi connectivity index (χ3n) is 12.4. The Morgan fingerprint density at radius 1 is 0.925 bits per heavy atom. The first-order valence-electron chi connectivity index (χ1n) is 23.3. The number of carbonyl (C=O) groups is 3. The molecular formula is C48H79ClN6O11S. The maximum absolute atomic E-state index is 14.2. The fraction of sp³-hybridized carbons (Fsp3) is 0.688. The molecule has 2 aromatic carbocycles. The fourth-order valence-electron chi connectivity index (χ4n) is 7.44. The molecule has 3 heterocycles. The molecule has 5 atom stereocenters. The van der Waals surface area contributed by atoms with E-state index in [1.807, 2.05) is 44.2 Å². The maximum Gasteiger partial charge on any atom is 0.407 e. The van der Waals surface area contributed by atoms with Gasteiger partial charge in [-0.2, -0.15) is 4.31 Å². The minimum Gasteiger partial charge on any atom is -0.454 e. The molecule has 2 fully saturated rings. The predicted molar refractivity (Wildman–Crippen MR) is 260 cm³/mol. The molecule has 19 heteroatoms. The van der Waals surface area contributed by atoms with Crippen LogP contribution in [-0.4, -0.2) is 144 Å². The van der Waals surface area contributed by atoms with Crippen LogP contribution in [0.4, 0.5) is 14.4 Å². The Kier molecular flexibility index (Phi) is 23.4. The highest BCUT2D eigenvalue weighted by Gasteiger charge is 2.44. The number of hydrogen-bond donors (Lipinski definition) is 4. The second-order valence-corrected chi connectivity index (χ2v) is 21.8. The topological polar surface area (TPSA) is 212 Å². The van der Waals surface area contributed by atoms with E-state index in [1.165, 1.54) is 34.2 Å². The van der Waals surface area contributed by atoms with Crippen LogP contribution in [0.1, 0.15) is 92.1 Å². The number of ether oxygens (including phenoxy) is 5. The number of nitrogens with one attached hydrogen (secondary N) is 2. The van der Waals surface area contributed by atoms with Crippen LogP contribution >= 0.6 is 11.6 Å². The number of hydrogen-bond acceptors (Lipinski definition) is 12. The SMILES string of the molecule is CC(C)(CCCCN)CN(CC(O)[C@H](Cc1ccccc1)NC(=O)OC1COC2OCCC12)S(=O)(=O)c1ccc2c(c1)OCO2.CC(C)C(C)(C)CCCCNC(=O)N(C)C.CN(C)C(=O)Cl. The Morgan fingerprint density at radius 2 is 1.58 bits per heavy atom. The molecule has 3 aliphatic rings. The van der Waals surface area contributed by atoms with Crippen LogP contribution in [0, 0.1) is 22.7 Å². The van der Waals surface area contributed by atoms with E-state index in [0.29, 0.717) is 36.0 Å². The minimum atomic E-state index is -4.11. The molecule has 0 spiro atoms. The van der Waals surface area contributed by atoms with Crippen molar-refractivity contribution < 1.29 is 51.6 Å². The Balaban J connectivity index is 0.000000449. The summed E-state index contributed by atoms with van der Waals surface area (Å²) >= 11 is 4.90. The number of nitrogens with two attached hydrogens (primary N) is 1. The number of halogens is 1. The van der Waals surface area contributed by atoms with Gasteiger partial charge in [-0.15, -0.1) is 0 Å². The standard InChI is InChI=1S/C32H45N3O9S.C13H28N2O.C3H6ClNO/c1-32(2,13-6-7-14-33)20-35(45(38,39)23-10-11-27-28(17-23)43-21-42-27)18-26(36)25(16-22-8-4-3-5-9-22)34-31(37)44-29-19-41-30-24(29)12-15-40-30;1-11(2)13(3,4)9-7-8-10-14-12(16)15(5)6;1-5(2)3(4)6/h3-5,8-11,17,24-26,29-30,36H,6-7,12-16,18-21,33H2,1-2H3,(H,34,37);11H,7-10H2,1-6H3,(H,14,16);1-2H3/t24?,25-,26?,29?,30?;;/m0../s1. The van der Waals surface area contributed by atoms with Crippen molar-refractivity contribution in [3.63, 3.8) is 0 Å². The number of amides is 4. The summed E-state index contributed by atoms with van der Waals surface area (Å²) in [5, 5.41) is 17.0. The van der Waals surface area contributed by atoms with Crippen LogP contribution in [0.5, 0.6) is 11.5 Å². The maximum atomic E-state index is 14.2. The largest absolute Gasteiger partial charge is 0.454 e. The summed E-state index contributed by atoms with van der Waals surface area (Å²) in [6.07, 6.45) is 4.03. The summed E-state index contributed by atoms with van der Waals surface area (Å²) in [7, 11) is 2.60. The first kappa shape index (κ1) is 57.4. The summed E-state index contributed by atoms with van der Waals surface area (Å²) in [4.78, 5) is 37.1. The third kappa shape index (κ3) is 19.2. The number of unbranched alkanes of at least 4 members (excludes halogenated alkanes) is 2. The third-order valence-corrected chi connectivity index (χ3v) is 14.6. The lowest BCUT2D eigenvalue weighted by molar-refractivity contribution is -0.0907. The summed E-state index contributed by atoms with van der Waals surface area (Å²) in [5.74, 6) is 1.48. The zero-order chi connectivity index (χ0) is 50.0. The van der Waals surface area contributed by atoms with E-state index in [1.54, 1.807) is 39.2 Å². The van der Waals surface area contributed by atoms with Gasteiger partial charge in [-0.1, -0.05) is 84.7 Å². The van der Waals surface area contributed by atoms with Crippen LogP contribution in [0.15, 0.2) is 53.4 Å². The van der Waals surface area contributed by atoms with Crippen molar-refractivity contribution in [1.82, 2.24) is 24.7 Å². The summed E-state index contributed by atoms with van der Waals surface area (Å²) in [5.41, 5.74) is 6.55. The molecule has 0 aliphatic carbocycles. The molecular weight excluding hydrogens is 904 g/mol. The lowest BCUT2D eigenvalue weighted by atomic mass is 9.77. The molecule has 0 radical (unpaired) electrons. The number of benzene rings is 2. The number of sulfonamides is 1. The zero-order valence-electron chi connectivity index (χ0n) is 41.4. The number of fused-ring (bicyclic) bond motifs is 2. The molecule has 380 valence electrons. The number of aliphatic hydroxyl groups excluding tert-OH is 1. The molecule has 0 aromatic heterocycles. The highest BCUT2D eigenvalue weighted by molar-refractivity contribution is 7.89. The first-order chi connectivity index (χ1) is 31.5. The van der Waals surface area contributed by atoms with Gasteiger partial charge in [-0.25, -0.2) is 18.0 Å². The van der Waals surface area contributed by atoms with Crippen molar-refractivity contribution >= 4 is 39.1 Å². The van der Waals surface area contributed by atoms with E-state index in [4.69, 9.17) is 41.0 Å². The van der Waals surface area contributed by atoms with Gasteiger partial charge in [-0.3, -0.25) is 4.79 Å². The van der Waals surface area contributed by atoms with E-state index in [0.717, 1.165) is 44.2 Å². The number of nitrogens with zero attached hydrogens (tertiary/aromatic N) is 3. The van der Waals surface area contributed by atoms with Crippen molar-refractivity contribution in [3.05, 3.63) is 54.1 Å². The van der Waals surface area contributed by atoms with Crippen LogP contribution in [0.25, 0.3) is 0 Å². The van der Waals surface area contributed by atoms with Crippen LogP contribution in [0.3, 0.4) is 0 Å². The van der Waals surface area contributed by atoms with Gasteiger partial charge in [0.15, 0.2) is 17.8 Å². The number of aliphatic hydroxyl groups is 1. The van der Waals surface area contributed by atoms with Gasteiger partial charge in [0.25, 0.3) is 0 Å². The molecule has 4 amide bonds. The minimum absolute atomic E-state index is 0.00289. The Bertz CT molecular complexity index is 1940. The second-order valence-electron chi connectivity index (χ2n) is 19.6. The molecule has 5 N–H and O–H groups in total. The normalized spacial score (nSPS) is 18.5. The first-order valence-corrected chi connectivity index (χ1v) is 25.1. The molecule has 0 saturated carbocycles. The van der Waals surface area contributed by atoms with E-state index in [-0.39, 0.29) is 56.0 Å². The van der Waals surface area contributed by atoms with E-state index < -0.39 is 45.1 Å². The van der Waals surface area contributed by atoms with Gasteiger partial charge >= 0.3 is 17.5 Å². The van der Waals surface area contributed by atoms with Crippen molar-refractivity contribution in [2.24, 2.45) is 28.4 Å². The molecule has 3 aliphatic heterocycles. The van der Waals surface area contributed by atoms with Crippen LogP contribution in [0.2, 0.25) is 0 Å². The molecule has 2 saturated heterocycles. The monoisotopic (exact) mass is 983 g/mol. The van der Waals surface area contributed by atoms with Crippen molar-refractivity contribution in [2.75, 3.05) is 74.4 Å². The average molecular weight is 984 g/mol. The van der Waals surface area contributed by atoms with Gasteiger partial charge in [-0.05, 0) is 91.1 Å². The lowest BCUT2D eigenvalue weighted by Gasteiger charge is -2.35. The molecule has 17 nitrogen and oxygen atoms in total. The van der Waals surface area contributed by atoms with E-state index in [2.05, 4.69) is 38.3 Å². The highest BCUT2D eigenvalue weighted by Crippen LogP contribution is 2.37. The van der Waals surface area contributed by atoms with Gasteiger partial charge in [0, 0.05) is 53.9 Å². The van der Waals surface area contributed by atoms with Crippen molar-refractivity contribution in [3.8, 4) is 11.5 Å². The summed E-state index contributed by atoms with van der Waals surface area (Å²) in [6.45, 7) is 15.2. The van der Waals surface area contributed by atoms with E-state index >= 15 is 0 Å². The number of urea groups is 1. The summed E-state index contributed by atoms with van der Waals surface area (Å²) < 4.78 is 57.3. The highest BCUT2D eigenvalue weighted by atomic mass is 35.5. The van der Waals surface area contributed by atoms with Crippen LogP contribution in [-0.2, 0) is 30.7 Å². The Labute approximate surface area is 404 Å². The Morgan fingerprint density at radius 3 is 2.21 bits per heavy atom. The lowest BCUT2D eigenvalue weighted by Crippen LogP contribution is -2.52. The van der Waals surface area contributed by atoms with E-state index in [9.17, 15) is 27.9 Å². The predicted octanol–water partition coefficient (Wildman–Crippen LogP) is 7.04. The summed E-state index contributed by atoms with van der Waals surface area (Å²) in [6, 6.07) is 13.0. The molecule has 0 bridgehead atoms. The second kappa shape index (κ2) is 27.3. The van der Waals surface area contributed by atoms with Gasteiger partial charge in [0.2, 0.25) is 16.8 Å². The Hall–Kier alpha value is -3.91. The molecule has 4 unspecified atom stereocenters. The van der Waals surface area contributed by atoms with Crippen molar-refractivity contribution in [1.29, 1.82) is 0 Å². The molecule has 67 heavy (non-hydrogen) atoms. The van der Waals surface area contributed by atoms with Gasteiger partial charge in [0.05, 0.1) is 36.2 Å². The number of rotatable bonds is 21. The fourth-order valence-corrected chi connectivity index (χ4v) is 9.11. The number of carbonyl (C=O) groups excluding carboxylic acids is 3. The quantitative estimate of drug-likeness (QED) is 0.0564. The molecule has 2 aromatic rings. The number of alkyl carbamates (subject to hydrolysis) is 1. The average Bonchev–Trinajstić information content (AvgIpc) is 4.03. The van der Waals surface area contributed by atoms with Gasteiger partial charge < -0.3 is 55.0 Å².